The number of carbonyl (C=O) groups excluding carboxylic acids is 1. The maximum atomic E-state index is 12.1. The lowest BCUT2D eigenvalue weighted by Gasteiger charge is -2.13. The molecule has 23 heavy (non-hydrogen) atoms. The van der Waals surface area contributed by atoms with Gasteiger partial charge in [-0.2, -0.15) is 0 Å². The SMILES string of the molecule is COc1ccccc1NCCC(=O)Nc1c(C)cc(C)cc1Cl. The number of para-hydroxylation sites is 2. The van der Waals surface area contributed by atoms with Crippen LogP contribution in [0.4, 0.5) is 11.4 Å². The van der Waals surface area contributed by atoms with Gasteiger partial charge in [-0.15, -0.1) is 0 Å². The first-order valence-corrected chi connectivity index (χ1v) is 7.82. The highest BCUT2D eigenvalue weighted by molar-refractivity contribution is 6.34. The van der Waals surface area contributed by atoms with Crippen molar-refractivity contribution in [1.29, 1.82) is 0 Å². The summed E-state index contributed by atoms with van der Waals surface area (Å²) in [5, 5.41) is 6.64. The Bertz CT molecular complexity index is 678. The van der Waals surface area contributed by atoms with E-state index in [-0.39, 0.29) is 5.91 Å². The third-order valence-corrected chi connectivity index (χ3v) is 3.77. The normalized spacial score (nSPS) is 10.3. The van der Waals surface area contributed by atoms with E-state index >= 15 is 0 Å². The molecule has 0 heterocycles. The summed E-state index contributed by atoms with van der Waals surface area (Å²) in [5.74, 6) is 0.673. The molecule has 0 saturated carbocycles. The molecule has 2 N–H and O–H groups in total. The maximum Gasteiger partial charge on any atom is 0.226 e. The van der Waals surface area contributed by atoms with Gasteiger partial charge in [0.25, 0.3) is 0 Å². The zero-order valence-electron chi connectivity index (χ0n) is 13.6. The minimum atomic E-state index is -0.0822. The third-order valence-electron chi connectivity index (χ3n) is 3.47. The van der Waals surface area contributed by atoms with E-state index in [2.05, 4.69) is 10.6 Å². The number of carbonyl (C=O) groups is 1. The van der Waals surface area contributed by atoms with Gasteiger partial charge in [-0.05, 0) is 43.2 Å². The van der Waals surface area contributed by atoms with Crippen molar-refractivity contribution >= 4 is 28.9 Å². The lowest BCUT2D eigenvalue weighted by atomic mass is 10.1. The van der Waals surface area contributed by atoms with Gasteiger partial charge >= 0.3 is 0 Å². The molecule has 0 unspecified atom stereocenters. The molecule has 122 valence electrons. The van der Waals surface area contributed by atoms with Crippen LogP contribution in [0, 0.1) is 13.8 Å². The van der Waals surface area contributed by atoms with Crippen molar-refractivity contribution in [2.24, 2.45) is 0 Å². The summed E-state index contributed by atoms with van der Waals surface area (Å²) < 4.78 is 5.26. The van der Waals surface area contributed by atoms with Crippen LogP contribution in [-0.2, 0) is 4.79 Å². The van der Waals surface area contributed by atoms with Crippen molar-refractivity contribution in [2.45, 2.75) is 20.3 Å². The Balaban J connectivity index is 1.91. The first kappa shape index (κ1) is 17.2. The van der Waals surface area contributed by atoms with Crippen molar-refractivity contribution in [2.75, 3.05) is 24.3 Å². The van der Waals surface area contributed by atoms with Gasteiger partial charge in [-0.1, -0.05) is 29.8 Å². The van der Waals surface area contributed by atoms with Crippen LogP contribution >= 0.6 is 11.6 Å². The quantitative estimate of drug-likeness (QED) is 0.824. The molecular formula is C18H21ClN2O2. The molecule has 0 bridgehead atoms. The number of aryl methyl sites for hydroxylation is 2. The molecule has 0 saturated heterocycles. The summed E-state index contributed by atoms with van der Waals surface area (Å²) >= 11 is 6.20. The smallest absolute Gasteiger partial charge is 0.226 e. The molecule has 0 spiro atoms. The molecule has 2 rings (SSSR count). The standard InChI is InChI=1S/C18H21ClN2O2/c1-12-10-13(2)18(14(19)11-12)21-17(22)8-9-20-15-6-4-5-7-16(15)23-3/h4-7,10-11,20H,8-9H2,1-3H3,(H,21,22). The molecule has 0 aliphatic rings. The molecule has 4 nitrogen and oxygen atoms in total. The summed E-state index contributed by atoms with van der Waals surface area (Å²) in [6.07, 6.45) is 0.335. The lowest BCUT2D eigenvalue weighted by Crippen LogP contribution is -2.17. The Morgan fingerprint density at radius 1 is 1.22 bits per heavy atom. The Morgan fingerprint density at radius 2 is 1.96 bits per heavy atom. The van der Waals surface area contributed by atoms with Gasteiger partial charge in [0, 0.05) is 13.0 Å². The Hall–Kier alpha value is -2.20. The highest BCUT2D eigenvalue weighted by Crippen LogP contribution is 2.27. The van der Waals surface area contributed by atoms with Gasteiger partial charge in [0.05, 0.1) is 23.5 Å². The van der Waals surface area contributed by atoms with Crippen molar-refractivity contribution in [3.63, 3.8) is 0 Å². The number of nitrogens with one attached hydrogen (secondary N) is 2. The molecule has 1 amide bonds. The second kappa shape index (κ2) is 7.88. The molecule has 0 atom stereocenters. The number of ether oxygens (including phenoxy) is 1. The zero-order valence-corrected chi connectivity index (χ0v) is 14.3. The fourth-order valence-corrected chi connectivity index (χ4v) is 2.75. The van der Waals surface area contributed by atoms with Crippen LogP contribution in [0.25, 0.3) is 0 Å². The highest BCUT2D eigenvalue weighted by Gasteiger charge is 2.09. The first-order valence-electron chi connectivity index (χ1n) is 7.44. The number of methoxy groups -OCH3 is 1. The minimum Gasteiger partial charge on any atom is -0.495 e. The first-order chi connectivity index (χ1) is 11.0. The molecule has 0 aromatic heterocycles. The van der Waals surface area contributed by atoms with E-state index in [0.29, 0.717) is 23.7 Å². The fraction of sp³-hybridized carbons (Fsp3) is 0.278. The summed E-state index contributed by atoms with van der Waals surface area (Å²) in [6, 6.07) is 11.4. The van der Waals surface area contributed by atoms with E-state index in [1.165, 1.54) is 0 Å². The second-order valence-corrected chi connectivity index (χ2v) is 5.77. The average molecular weight is 333 g/mol. The van der Waals surface area contributed by atoms with Crippen LogP contribution < -0.4 is 15.4 Å². The van der Waals surface area contributed by atoms with Crippen molar-refractivity contribution < 1.29 is 9.53 Å². The monoisotopic (exact) mass is 332 g/mol. The number of rotatable bonds is 6. The number of amides is 1. The van der Waals surface area contributed by atoms with E-state index in [4.69, 9.17) is 16.3 Å². The largest absolute Gasteiger partial charge is 0.495 e. The van der Waals surface area contributed by atoms with Crippen LogP contribution in [0.2, 0.25) is 5.02 Å². The molecule has 2 aromatic rings. The molecule has 0 radical (unpaired) electrons. The molecule has 0 fully saturated rings. The Kier molecular flexibility index (Phi) is 5.88. The van der Waals surface area contributed by atoms with Crippen LogP contribution in [0.5, 0.6) is 5.75 Å². The number of halogens is 1. The van der Waals surface area contributed by atoms with Gasteiger partial charge < -0.3 is 15.4 Å². The van der Waals surface area contributed by atoms with E-state index in [9.17, 15) is 4.79 Å². The molecule has 2 aromatic carbocycles. The van der Waals surface area contributed by atoms with Gasteiger partial charge in [0.15, 0.2) is 0 Å². The second-order valence-electron chi connectivity index (χ2n) is 5.36. The summed E-state index contributed by atoms with van der Waals surface area (Å²) in [5.41, 5.74) is 3.58. The Labute approximate surface area is 141 Å². The zero-order chi connectivity index (χ0) is 16.8. The van der Waals surface area contributed by atoms with Crippen LogP contribution in [0.15, 0.2) is 36.4 Å². The summed E-state index contributed by atoms with van der Waals surface area (Å²) in [4.78, 5) is 12.1. The van der Waals surface area contributed by atoms with Crippen LogP contribution in [0.1, 0.15) is 17.5 Å². The molecule has 5 heteroatoms. The van der Waals surface area contributed by atoms with Crippen LogP contribution in [-0.4, -0.2) is 19.6 Å². The molecule has 0 aliphatic carbocycles. The van der Waals surface area contributed by atoms with E-state index in [1.807, 2.05) is 50.2 Å². The van der Waals surface area contributed by atoms with Crippen molar-refractivity contribution in [1.82, 2.24) is 0 Å². The lowest BCUT2D eigenvalue weighted by molar-refractivity contribution is -0.115. The number of anilines is 2. The Morgan fingerprint density at radius 3 is 2.65 bits per heavy atom. The number of hydrogen-bond donors (Lipinski definition) is 2. The maximum absolute atomic E-state index is 12.1. The molecular weight excluding hydrogens is 312 g/mol. The number of benzene rings is 2. The van der Waals surface area contributed by atoms with Gasteiger partial charge in [-0.25, -0.2) is 0 Å². The van der Waals surface area contributed by atoms with Gasteiger partial charge in [0.1, 0.15) is 5.75 Å². The predicted molar refractivity (Wildman–Crippen MR) is 95.7 cm³/mol. The molecule has 0 aliphatic heterocycles. The van der Waals surface area contributed by atoms with E-state index in [0.717, 1.165) is 22.6 Å². The summed E-state index contributed by atoms with van der Waals surface area (Å²) in [7, 11) is 1.62. The average Bonchev–Trinajstić information content (AvgIpc) is 2.51. The van der Waals surface area contributed by atoms with Crippen molar-refractivity contribution in [3.05, 3.63) is 52.5 Å². The van der Waals surface area contributed by atoms with Crippen molar-refractivity contribution in [3.8, 4) is 5.75 Å². The van der Waals surface area contributed by atoms with Gasteiger partial charge in [0.2, 0.25) is 5.91 Å². The third kappa shape index (κ3) is 4.63. The summed E-state index contributed by atoms with van der Waals surface area (Å²) in [6.45, 7) is 4.41. The number of hydrogen-bond acceptors (Lipinski definition) is 3. The van der Waals surface area contributed by atoms with E-state index < -0.39 is 0 Å². The highest BCUT2D eigenvalue weighted by atomic mass is 35.5. The van der Waals surface area contributed by atoms with E-state index in [1.54, 1.807) is 7.11 Å². The van der Waals surface area contributed by atoms with Crippen LogP contribution in [0.3, 0.4) is 0 Å². The van der Waals surface area contributed by atoms with Gasteiger partial charge in [-0.3, -0.25) is 4.79 Å². The minimum absolute atomic E-state index is 0.0822. The fourth-order valence-electron chi connectivity index (χ4n) is 2.38. The topological polar surface area (TPSA) is 50.4 Å². The predicted octanol–water partition coefficient (Wildman–Crippen LogP) is 4.41.